The average molecular weight is 550 g/mol. The molecule has 0 bridgehead atoms. The Kier molecular flexibility index (Phi) is 8.38. The molecule has 1 heterocycles. The third-order valence-corrected chi connectivity index (χ3v) is 7.73. The molecule has 2 atom stereocenters. The topological polar surface area (TPSA) is 85.3 Å². The molecule has 1 aliphatic heterocycles. The van der Waals surface area contributed by atoms with Crippen LogP contribution in [0.3, 0.4) is 0 Å². The van der Waals surface area contributed by atoms with Gasteiger partial charge in [-0.05, 0) is 47.7 Å². The Hall–Kier alpha value is -3.55. The molecule has 2 aliphatic rings. The van der Waals surface area contributed by atoms with Gasteiger partial charge < -0.3 is 24.2 Å². The van der Waals surface area contributed by atoms with Crippen molar-refractivity contribution >= 4 is 23.5 Å². The summed E-state index contributed by atoms with van der Waals surface area (Å²) < 4.78 is 18.1. The molecule has 1 fully saturated rings. The minimum atomic E-state index is -1.08. The average Bonchev–Trinajstić information content (AvgIpc) is 3.48. The molecule has 0 aromatic heterocycles. The lowest BCUT2D eigenvalue weighted by molar-refractivity contribution is -0.160. The number of hydrogen-bond acceptors (Lipinski definition) is 5. The zero-order valence-corrected chi connectivity index (χ0v) is 22.6. The standard InChI is InChI=1S/C31H32ClNO6/c1-37-27-16-13-22-18-33(30(34)28(21-7-3-2-4-8-21)39-24-9-5-6-10-24)26(31(35)36)17-25(22)29(27)38-19-20-11-14-23(32)15-12-20/h2-4,7-8,11-16,24,26,28H,5-6,9-10,17-19H2,1H3,(H,35,36)/t26-,28+/m1/s1. The van der Waals surface area contributed by atoms with Crippen LogP contribution in [0.15, 0.2) is 66.7 Å². The van der Waals surface area contributed by atoms with Crippen LogP contribution < -0.4 is 9.47 Å². The van der Waals surface area contributed by atoms with E-state index < -0.39 is 18.1 Å². The second-order valence-electron chi connectivity index (χ2n) is 10.0. The van der Waals surface area contributed by atoms with Crippen LogP contribution in [0.25, 0.3) is 0 Å². The highest BCUT2D eigenvalue weighted by molar-refractivity contribution is 6.30. The van der Waals surface area contributed by atoms with Crippen molar-refractivity contribution in [2.24, 2.45) is 0 Å². The number of methoxy groups -OCH3 is 1. The summed E-state index contributed by atoms with van der Waals surface area (Å²) in [4.78, 5) is 28.0. The van der Waals surface area contributed by atoms with Gasteiger partial charge in [-0.25, -0.2) is 4.79 Å². The number of halogens is 1. The number of nitrogens with zero attached hydrogens (tertiary/aromatic N) is 1. The van der Waals surface area contributed by atoms with Crippen LogP contribution >= 0.6 is 11.6 Å². The van der Waals surface area contributed by atoms with Crippen molar-refractivity contribution in [1.29, 1.82) is 0 Å². The van der Waals surface area contributed by atoms with E-state index in [1.807, 2.05) is 48.5 Å². The molecule has 0 spiro atoms. The number of ether oxygens (including phenoxy) is 3. The van der Waals surface area contributed by atoms with Gasteiger partial charge in [0, 0.05) is 23.6 Å². The number of rotatable bonds is 9. The van der Waals surface area contributed by atoms with Crippen molar-refractivity contribution in [1.82, 2.24) is 4.90 Å². The maximum absolute atomic E-state index is 14.0. The van der Waals surface area contributed by atoms with E-state index in [9.17, 15) is 14.7 Å². The number of fused-ring (bicyclic) bond motifs is 1. The Morgan fingerprint density at radius 3 is 2.41 bits per heavy atom. The molecule has 3 aromatic carbocycles. The first-order valence-corrected chi connectivity index (χ1v) is 13.6. The lowest BCUT2D eigenvalue weighted by Gasteiger charge is -2.37. The molecule has 204 valence electrons. The SMILES string of the molecule is COc1ccc2c(c1OCc1ccc(Cl)cc1)C[C@H](C(=O)O)N(C(=O)[C@@H](OC1CCCC1)c1ccccc1)C2. The number of carbonyl (C=O) groups excluding carboxylic acids is 1. The fourth-order valence-corrected chi connectivity index (χ4v) is 5.52. The van der Waals surface area contributed by atoms with Gasteiger partial charge in [-0.3, -0.25) is 4.79 Å². The zero-order chi connectivity index (χ0) is 27.4. The van der Waals surface area contributed by atoms with E-state index in [1.54, 1.807) is 25.3 Å². The number of amides is 1. The molecule has 8 heteroatoms. The van der Waals surface area contributed by atoms with Crippen LogP contribution in [0, 0.1) is 0 Å². The Balaban J connectivity index is 1.45. The zero-order valence-electron chi connectivity index (χ0n) is 21.8. The van der Waals surface area contributed by atoms with Gasteiger partial charge in [0.25, 0.3) is 5.91 Å². The predicted molar refractivity (Wildman–Crippen MR) is 147 cm³/mol. The van der Waals surface area contributed by atoms with Crippen molar-refractivity contribution in [3.05, 3.63) is 94.0 Å². The van der Waals surface area contributed by atoms with Gasteiger partial charge in [0.2, 0.25) is 0 Å². The molecular weight excluding hydrogens is 518 g/mol. The summed E-state index contributed by atoms with van der Waals surface area (Å²) in [5.41, 5.74) is 3.19. The molecule has 39 heavy (non-hydrogen) atoms. The van der Waals surface area contributed by atoms with E-state index in [2.05, 4.69) is 0 Å². The van der Waals surface area contributed by atoms with E-state index in [-0.39, 0.29) is 31.6 Å². The summed E-state index contributed by atoms with van der Waals surface area (Å²) in [6, 6.07) is 19.3. The Morgan fingerprint density at radius 2 is 1.74 bits per heavy atom. The molecule has 1 amide bonds. The summed E-state index contributed by atoms with van der Waals surface area (Å²) in [7, 11) is 1.55. The normalized spacial score (nSPS) is 17.9. The number of carbonyl (C=O) groups is 2. The fourth-order valence-electron chi connectivity index (χ4n) is 5.40. The number of carboxylic acid groups (broad SMARTS) is 1. The van der Waals surface area contributed by atoms with Gasteiger partial charge in [0.15, 0.2) is 17.6 Å². The van der Waals surface area contributed by atoms with Crippen LogP contribution in [0.1, 0.15) is 54.0 Å². The van der Waals surface area contributed by atoms with E-state index in [1.165, 1.54) is 4.90 Å². The molecule has 0 unspecified atom stereocenters. The summed E-state index contributed by atoms with van der Waals surface area (Å²) in [5, 5.41) is 10.9. The first-order valence-electron chi connectivity index (χ1n) is 13.2. The first kappa shape index (κ1) is 27.0. The molecule has 3 aromatic rings. The molecule has 1 saturated carbocycles. The highest BCUT2D eigenvalue weighted by Crippen LogP contribution is 2.40. The monoisotopic (exact) mass is 549 g/mol. The Labute approximate surface area is 233 Å². The van der Waals surface area contributed by atoms with Gasteiger partial charge in [-0.15, -0.1) is 0 Å². The Bertz CT molecular complexity index is 1310. The van der Waals surface area contributed by atoms with Crippen molar-refractivity contribution < 1.29 is 28.9 Å². The lowest BCUT2D eigenvalue weighted by atomic mass is 9.91. The molecule has 1 N–H and O–H groups in total. The number of aliphatic carboxylic acids is 1. The summed E-state index contributed by atoms with van der Waals surface area (Å²) in [6.45, 7) is 0.388. The minimum absolute atomic E-state index is 0.0170. The first-order chi connectivity index (χ1) is 18.9. The van der Waals surface area contributed by atoms with Gasteiger partial charge >= 0.3 is 5.97 Å². The van der Waals surface area contributed by atoms with Crippen LogP contribution in [0.2, 0.25) is 5.02 Å². The Morgan fingerprint density at radius 1 is 1.03 bits per heavy atom. The summed E-state index contributed by atoms with van der Waals surface area (Å²) in [5.74, 6) is -0.415. The van der Waals surface area contributed by atoms with E-state index in [0.29, 0.717) is 16.5 Å². The largest absolute Gasteiger partial charge is 0.493 e. The highest BCUT2D eigenvalue weighted by Gasteiger charge is 2.41. The van der Waals surface area contributed by atoms with Crippen molar-refractivity contribution in [3.8, 4) is 11.5 Å². The minimum Gasteiger partial charge on any atom is -0.493 e. The summed E-state index contributed by atoms with van der Waals surface area (Å²) >= 11 is 6.01. The predicted octanol–water partition coefficient (Wildman–Crippen LogP) is 5.97. The number of hydrogen-bond donors (Lipinski definition) is 1. The second kappa shape index (κ2) is 12.1. The molecule has 7 nitrogen and oxygen atoms in total. The van der Waals surface area contributed by atoms with Gasteiger partial charge in [0.05, 0.1) is 13.2 Å². The molecule has 1 aliphatic carbocycles. The smallest absolute Gasteiger partial charge is 0.326 e. The quantitative estimate of drug-likeness (QED) is 0.354. The van der Waals surface area contributed by atoms with E-state index >= 15 is 0 Å². The van der Waals surface area contributed by atoms with Gasteiger partial charge in [-0.2, -0.15) is 0 Å². The van der Waals surface area contributed by atoms with Crippen LogP contribution in [0.5, 0.6) is 11.5 Å². The second-order valence-corrected chi connectivity index (χ2v) is 10.4. The number of carboxylic acids is 1. The van der Waals surface area contributed by atoms with Crippen molar-refractivity contribution in [3.63, 3.8) is 0 Å². The molecule has 0 radical (unpaired) electrons. The van der Waals surface area contributed by atoms with Crippen LogP contribution in [0.4, 0.5) is 0 Å². The van der Waals surface area contributed by atoms with Gasteiger partial charge in [0.1, 0.15) is 12.6 Å². The number of benzene rings is 3. The van der Waals surface area contributed by atoms with Gasteiger partial charge in [-0.1, -0.05) is 73.0 Å². The third kappa shape index (κ3) is 6.05. The molecule has 5 rings (SSSR count). The lowest BCUT2D eigenvalue weighted by Crippen LogP contribution is -2.50. The van der Waals surface area contributed by atoms with Crippen molar-refractivity contribution in [2.75, 3.05) is 7.11 Å². The highest BCUT2D eigenvalue weighted by atomic mass is 35.5. The molecular formula is C31H32ClNO6. The van der Waals surface area contributed by atoms with E-state index in [4.69, 9.17) is 25.8 Å². The maximum atomic E-state index is 14.0. The summed E-state index contributed by atoms with van der Waals surface area (Å²) in [6.07, 6.45) is 3.14. The third-order valence-electron chi connectivity index (χ3n) is 7.48. The van der Waals surface area contributed by atoms with E-state index in [0.717, 1.165) is 47.9 Å². The van der Waals surface area contributed by atoms with Crippen LogP contribution in [-0.4, -0.2) is 41.1 Å². The maximum Gasteiger partial charge on any atom is 0.326 e. The molecule has 0 saturated heterocycles. The van der Waals surface area contributed by atoms with Crippen molar-refractivity contribution in [2.45, 2.75) is 63.5 Å². The van der Waals surface area contributed by atoms with Crippen LogP contribution in [-0.2, 0) is 33.9 Å². The fraction of sp³-hybridized carbons (Fsp3) is 0.355.